The topological polar surface area (TPSA) is 55.8 Å². The molecule has 0 spiro atoms. The normalized spacial score (nSPS) is 31.2. The summed E-state index contributed by atoms with van der Waals surface area (Å²) in [5, 5.41) is 0. The van der Waals surface area contributed by atoms with Gasteiger partial charge in [-0.05, 0) is 27.7 Å². The Labute approximate surface area is 110 Å². The third kappa shape index (κ3) is 2.79. The number of amides is 1. The van der Waals surface area contributed by atoms with E-state index in [9.17, 15) is 18.4 Å². The highest BCUT2D eigenvalue weighted by molar-refractivity contribution is 5.86. The van der Waals surface area contributed by atoms with Crippen molar-refractivity contribution in [3.63, 3.8) is 0 Å². The van der Waals surface area contributed by atoms with E-state index >= 15 is 0 Å². The molecule has 0 aliphatic carbocycles. The third-order valence-electron chi connectivity index (χ3n) is 2.82. The second-order valence-electron chi connectivity index (χ2n) is 5.57. The van der Waals surface area contributed by atoms with E-state index in [0.717, 1.165) is 7.11 Å². The summed E-state index contributed by atoms with van der Waals surface area (Å²) in [5.41, 5.74) is -0.873. The number of likely N-dealkylation sites (tertiary alicyclic amines) is 1. The number of hydrogen-bond donors (Lipinski definition) is 0. The van der Waals surface area contributed by atoms with Crippen molar-refractivity contribution in [2.45, 2.75) is 57.7 Å². The number of carbonyl (C=O) groups excluding carboxylic acids is 2. The van der Waals surface area contributed by atoms with Crippen molar-refractivity contribution in [1.29, 1.82) is 0 Å². The molecule has 1 fully saturated rings. The van der Waals surface area contributed by atoms with Crippen LogP contribution in [0, 0.1) is 0 Å². The van der Waals surface area contributed by atoms with Crippen LogP contribution in [0.3, 0.4) is 0 Å². The van der Waals surface area contributed by atoms with Crippen LogP contribution in [0.2, 0.25) is 0 Å². The zero-order valence-electron chi connectivity index (χ0n) is 11.7. The summed E-state index contributed by atoms with van der Waals surface area (Å²) in [4.78, 5) is 23.9. The monoisotopic (exact) mass is 279 g/mol. The predicted molar refractivity (Wildman–Crippen MR) is 62.9 cm³/mol. The molecule has 0 saturated carbocycles. The number of nitrogens with zero attached hydrogens (tertiary/aromatic N) is 1. The van der Waals surface area contributed by atoms with E-state index in [1.54, 1.807) is 20.8 Å². The predicted octanol–water partition coefficient (Wildman–Crippen LogP) is 2.19. The summed E-state index contributed by atoms with van der Waals surface area (Å²) in [6.45, 7) is 6.23. The van der Waals surface area contributed by atoms with Gasteiger partial charge >= 0.3 is 17.9 Å². The Morgan fingerprint density at radius 3 is 2.32 bits per heavy atom. The molecule has 1 heterocycles. The molecule has 1 amide bonds. The lowest BCUT2D eigenvalue weighted by molar-refractivity contribution is -0.172. The van der Waals surface area contributed by atoms with Gasteiger partial charge in [0.25, 0.3) is 0 Å². The van der Waals surface area contributed by atoms with Gasteiger partial charge in [-0.15, -0.1) is 0 Å². The van der Waals surface area contributed by atoms with E-state index in [0.29, 0.717) is 4.90 Å². The first-order chi connectivity index (χ1) is 8.54. The highest BCUT2D eigenvalue weighted by Crippen LogP contribution is 2.39. The van der Waals surface area contributed by atoms with E-state index in [1.165, 1.54) is 6.92 Å². The van der Waals surface area contributed by atoms with Gasteiger partial charge in [-0.3, -0.25) is 4.90 Å². The Morgan fingerprint density at radius 2 is 1.89 bits per heavy atom. The average molecular weight is 279 g/mol. The minimum absolute atomic E-state index is 0.287. The van der Waals surface area contributed by atoms with Crippen molar-refractivity contribution in [2.75, 3.05) is 7.11 Å². The molecule has 5 nitrogen and oxygen atoms in total. The van der Waals surface area contributed by atoms with Crippen LogP contribution in [0.5, 0.6) is 0 Å². The molecule has 0 aromatic heterocycles. The summed E-state index contributed by atoms with van der Waals surface area (Å²) in [7, 11) is 0.937. The van der Waals surface area contributed by atoms with Gasteiger partial charge in [-0.2, -0.15) is 0 Å². The molecule has 0 radical (unpaired) electrons. The number of methoxy groups -OCH3 is 1. The first-order valence-corrected chi connectivity index (χ1v) is 5.97. The minimum atomic E-state index is -3.13. The number of halogens is 2. The van der Waals surface area contributed by atoms with Crippen LogP contribution in [0.15, 0.2) is 0 Å². The molecule has 1 saturated heterocycles. The first-order valence-electron chi connectivity index (χ1n) is 5.97. The van der Waals surface area contributed by atoms with Crippen LogP contribution in [-0.4, -0.2) is 47.7 Å². The molecule has 3 unspecified atom stereocenters. The quantitative estimate of drug-likeness (QED) is 0.545. The fourth-order valence-corrected chi connectivity index (χ4v) is 2.03. The van der Waals surface area contributed by atoms with Crippen LogP contribution in [0.4, 0.5) is 13.6 Å². The highest BCUT2D eigenvalue weighted by Gasteiger charge is 2.63. The molecule has 0 aromatic rings. The van der Waals surface area contributed by atoms with Crippen molar-refractivity contribution in [1.82, 2.24) is 4.90 Å². The van der Waals surface area contributed by atoms with E-state index in [2.05, 4.69) is 4.74 Å². The second-order valence-corrected chi connectivity index (χ2v) is 5.57. The molecule has 1 rings (SSSR count). The number of alkyl halides is 2. The standard InChI is InChI=1S/C12H19F2NO4/c1-7-6-8(13)12(14,9(16)18-5)15(7)10(17)19-11(2,3)4/h7-8H,6H2,1-5H3. The van der Waals surface area contributed by atoms with Crippen LogP contribution in [0.1, 0.15) is 34.1 Å². The smallest absolute Gasteiger partial charge is 0.413 e. The zero-order valence-corrected chi connectivity index (χ0v) is 11.7. The lowest BCUT2D eigenvalue weighted by Crippen LogP contribution is -2.57. The third-order valence-corrected chi connectivity index (χ3v) is 2.82. The lowest BCUT2D eigenvalue weighted by atomic mass is 10.1. The van der Waals surface area contributed by atoms with Gasteiger partial charge in [0, 0.05) is 12.5 Å². The fourth-order valence-electron chi connectivity index (χ4n) is 2.03. The van der Waals surface area contributed by atoms with Gasteiger partial charge in [0.15, 0.2) is 6.17 Å². The number of ether oxygens (including phenoxy) is 2. The van der Waals surface area contributed by atoms with Crippen molar-refractivity contribution in [3.8, 4) is 0 Å². The molecular formula is C12H19F2NO4. The summed E-state index contributed by atoms with van der Waals surface area (Å²) >= 11 is 0. The summed E-state index contributed by atoms with van der Waals surface area (Å²) in [5.74, 6) is -4.56. The molecule has 0 bridgehead atoms. The van der Waals surface area contributed by atoms with E-state index in [-0.39, 0.29) is 6.42 Å². The molecule has 3 atom stereocenters. The maximum absolute atomic E-state index is 14.6. The van der Waals surface area contributed by atoms with Crippen LogP contribution >= 0.6 is 0 Å². The minimum Gasteiger partial charge on any atom is -0.465 e. The molecular weight excluding hydrogens is 260 g/mol. The molecule has 110 valence electrons. The number of carbonyl (C=O) groups is 2. The maximum Gasteiger partial charge on any atom is 0.413 e. The molecule has 0 aromatic carbocycles. The highest BCUT2D eigenvalue weighted by atomic mass is 19.2. The van der Waals surface area contributed by atoms with Gasteiger partial charge in [0.1, 0.15) is 5.60 Å². The molecule has 7 heteroatoms. The van der Waals surface area contributed by atoms with Gasteiger partial charge in [0.2, 0.25) is 0 Å². The average Bonchev–Trinajstić information content (AvgIpc) is 2.47. The molecule has 0 N–H and O–H groups in total. The van der Waals surface area contributed by atoms with E-state index in [1.807, 2.05) is 0 Å². The van der Waals surface area contributed by atoms with Crippen LogP contribution < -0.4 is 0 Å². The Bertz CT molecular complexity index is 382. The van der Waals surface area contributed by atoms with Crippen LogP contribution in [-0.2, 0) is 14.3 Å². The van der Waals surface area contributed by atoms with Crippen molar-refractivity contribution in [3.05, 3.63) is 0 Å². The summed E-state index contributed by atoms with van der Waals surface area (Å²) in [6.07, 6.45) is -3.50. The summed E-state index contributed by atoms with van der Waals surface area (Å²) < 4.78 is 37.7. The summed E-state index contributed by atoms with van der Waals surface area (Å²) in [6, 6.07) is -0.797. The van der Waals surface area contributed by atoms with Crippen molar-refractivity contribution >= 4 is 12.1 Å². The zero-order chi connectivity index (χ0) is 15.0. The van der Waals surface area contributed by atoms with Gasteiger partial charge < -0.3 is 9.47 Å². The molecule has 1 aliphatic heterocycles. The largest absolute Gasteiger partial charge is 0.465 e. The van der Waals surface area contributed by atoms with Crippen molar-refractivity contribution in [2.24, 2.45) is 0 Å². The fraction of sp³-hybridized carbons (Fsp3) is 0.833. The molecule has 19 heavy (non-hydrogen) atoms. The second kappa shape index (κ2) is 4.94. The van der Waals surface area contributed by atoms with Gasteiger partial charge in [-0.1, -0.05) is 0 Å². The Balaban J connectivity index is 3.08. The first kappa shape index (κ1) is 15.7. The maximum atomic E-state index is 14.6. The Hall–Kier alpha value is -1.40. The number of rotatable bonds is 1. The lowest BCUT2D eigenvalue weighted by Gasteiger charge is -2.33. The number of hydrogen-bond acceptors (Lipinski definition) is 4. The van der Waals surface area contributed by atoms with E-state index < -0.39 is 35.7 Å². The van der Waals surface area contributed by atoms with Gasteiger partial charge in [-0.25, -0.2) is 18.4 Å². The van der Waals surface area contributed by atoms with E-state index in [4.69, 9.17) is 4.74 Å². The van der Waals surface area contributed by atoms with Crippen LogP contribution in [0.25, 0.3) is 0 Å². The number of esters is 1. The SMILES string of the molecule is COC(=O)C1(F)C(F)CC(C)N1C(=O)OC(C)(C)C. The van der Waals surface area contributed by atoms with Crippen molar-refractivity contribution < 1.29 is 27.8 Å². The van der Waals surface area contributed by atoms with Gasteiger partial charge in [0.05, 0.1) is 7.11 Å². The Kier molecular flexibility index (Phi) is 4.07. The Morgan fingerprint density at radius 1 is 1.37 bits per heavy atom. The molecule has 1 aliphatic rings.